The summed E-state index contributed by atoms with van der Waals surface area (Å²) < 4.78 is 4.89. The fraction of sp³-hybridized carbons (Fsp3) is 0.667. The zero-order valence-corrected chi connectivity index (χ0v) is 10.7. The third kappa shape index (κ3) is 3.08. The second kappa shape index (κ2) is 5.49. The number of aromatic nitrogens is 1. The third-order valence-electron chi connectivity index (χ3n) is 3.31. The number of hydrogen-bond acceptors (Lipinski definition) is 5. The van der Waals surface area contributed by atoms with Gasteiger partial charge >= 0.3 is 0 Å². The van der Waals surface area contributed by atoms with Crippen molar-refractivity contribution in [3.8, 4) is 0 Å². The molecule has 1 aromatic rings. The van der Waals surface area contributed by atoms with Crippen LogP contribution in [0.1, 0.15) is 25.5 Å². The number of likely N-dealkylation sites (tertiary alicyclic amines) is 1. The maximum Gasteiger partial charge on any atom is 0.242 e. The van der Waals surface area contributed by atoms with Gasteiger partial charge in [-0.25, -0.2) is 0 Å². The van der Waals surface area contributed by atoms with Crippen molar-refractivity contribution in [1.29, 1.82) is 0 Å². The van der Waals surface area contributed by atoms with E-state index in [1.165, 1.54) is 0 Å². The molecule has 1 aromatic heterocycles. The van der Waals surface area contributed by atoms with Crippen LogP contribution in [0.4, 0.5) is 5.82 Å². The maximum absolute atomic E-state index is 12.0. The molecule has 6 nitrogen and oxygen atoms in total. The number of piperidine rings is 1. The zero-order valence-electron chi connectivity index (χ0n) is 10.7. The van der Waals surface area contributed by atoms with E-state index in [1.54, 1.807) is 13.0 Å². The lowest BCUT2D eigenvalue weighted by Gasteiger charge is -2.33. The molecule has 1 fully saturated rings. The number of rotatable bonds is 3. The molecule has 0 spiro atoms. The molecule has 0 aliphatic carbocycles. The molecule has 2 heterocycles. The maximum atomic E-state index is 12.0. The van der Waals surface area contributed by atoms with Crippen molar-refractivity contribution in [3.05, 3.63) is 11.8 Å². The van der Waals surface area contributed by atoms with Crippen LogP contribution in [0.3, 0.4) is 0 Å². The first-order valence-corrected chi connectivity index (χ1v) is 6.22. The average Bonchev–Trinajstić information content (AvgIpc) is 2.75. The number of hydrogen-bond donors (Lipinski definition) is 2. The smallest absolute Gasteiger partial charge is 0.242 e. The van der Waals surface area contributed by atoms with Crippen molar-refractivity contribution in [1.82, 2.24) is 10.1 Å². The Balaban J connectivity index is 1.88. The summed E-state index contributed by atoms with van der Waals surface area (Å²) in [6.45, 7) is 5.12. The Labute approximate surface area is 106 Å². The number of carbonyl (C=O) groups excluding carboxylic acids is 1. The summed E-state index contributed by atoms with van der Waals surface area (Å²) in [5.41, 5.74) is 0. The van der Waals surface area contributed by atoms with E-state index in [0.29, 0.717) is 11.6 Å². The van der Waals surface area contributed by atoms with Gasteiger partial charge in [0.2, 0.25) is 5.91 Å². The van der Waals surface area contributed by atoms with Gasteiger partial charge in [0.25, 0.3) is 0 Å². The van der Waals surface area contributed by atoms with Gasteiger partial charge < -0.3 is 14.9 Å². The summed E-state index contributed by atoms with van der Waals surface area (Å²) in [6, 6.07) is 1.46. The number of aliphatic hydroxyl groups is 1. The molecule has 2 N–H and O–H groups in total. The van der Waals surface area contributed by atoms with Gasteiger partial charge in [0, 0.05) is 19.2 Å². The highest BCUT2D eigenvalue weighted by atomic mass is 16.5. The molecule has 0 saturated carbocycles. The van der Waals surface area contributed by atoms with Gasteiger partial charge in [-0.2, -0.15) is 0 Å². The van der Waals surface area contributed by atoms with Crippen LogP contribution < -0.4 is 5.32 Å². The third-order valence-corrected chi connectivity index (χ3v) is 3.31. The zero-order chi connectivity index (χ0) is 13.1. The number of nitrogens with zero attached hydrogens (tertiary/aromatic N) is 2. The molecule has 2 rings (SSSR count). The fourth-order valence-corrected chi connectivity index (χ4v) is 2.09. The number of nitrogens with one attached hydrogen (secondary N) is 1. The lowest BCUT2D eigenvalue weighted by molar-refractivity contribution is -0.121. The molecule has 1 atom stereocenters. The number of carbonyl (C=O) groups is 1. The van der Waals surface area contributed by atoms with Crippen molar-refractivity contribution in [3.63, 3.8) is 0 Å². The molecule has 0 bridgehead atoms. The molecule has 18 heavy (non-hydrogen) atoms. The molecule has 0 radical (unpaired) electrons. The quantitative estimate of drug-likeness (QED) is 0.831. The molecule has 6 heteroatoms. The van der Waals surface area contributed by atoms with Crippen molar-refractivity contribution < 1.29 is 14.4 Å². The van der Waals surface area contributed by atoms with Crippen LogP contribution in [0.25, 0.3) is 0 Å². The first kappa shape index (κ1) is 13.0. The van der Waals surface area contributed by atoms with Gasteiger partial charge in [-0.3, -0.25) is 9.69 Å². The van der Waals surface area contributed by atoms with Crippen molar-refractivity contribution in [2.24, 2.45) is 0 Å². The van der Waals surface area contributed by atoms with Crippen LogP contribution in [0, 0.1) is 6.92 Å². The Bertz CT molecular complexity index is 410. The first-order valence-electron chi connectivity index (χ1n) is 6.22. The predicted octanol–water partition coefficient (Wildman–Crippen LogP) is 0.767. The van der Waals surface area contributed by atoms with Crippen molar-refractivity contribution in [2.45, 2.75) is 38.8 Å². The Morgan fingerprint density at radius 3 is 2.83 bits per heavy atom. The Hall–Kier alpha value is -1.40. The Morgan fingerprint density at radius 2 is 2.28 bits per heavy atom. The van der Waals surface area contributed by atoms with Gasteiger partial charge in [-0.15, -0.1) is 0 Å². The van der Waals surface area contributed by atoms with E-state index in [4.69, 9.17) is 4.52 Å². The highest BCUT2D eigenvalue weighted by molar-refractivity contribution is 5.93. The van der Waals surface area contributed by atoms with Gasteiger partial charge in [0.1, 0.15) is 5.76 Å². The molecular formula is C12H19N3O3. The van der Waals surface area contributed by atoms with Crippen LogP contribution in [0.5, 0.6) is 0 Å². The summed E-state index contributed by atoms with van der Waals surface area (Å²) >= 11 is 0. The van der Waals surface area contributed by atoms with E-state index >= 15 is 0 Å². The molecule has 100 valence electrons. The van der Waals surface area contributed by atoms with Crippen molar-refractivity contribution in [2.75, 3.05) is 18.4 Å². The summed E-state index contributed by atoms with van der Waals surface area (Å²) in [5, 5.41) is 15.9. The normalized spacial score (nSPS) is 19.7. The summed E-state index contributed by atoms with van der Waals surface area (Å²) in [6.07, 6.45) is 1.22. The molecule has 1 aliphatic rings. The molecular weight excluding hydrogens is 234 g/mol. The second-order valence-electron chi connectivity index (χ2n) is 4.76. The minimum Gasteiger partial charge on any atom is -0.393 e. The molecule has 1 saturated heterocycles. The lowest BCUT2D eigenvalue weighted by atomic mass is 10.1. The van der Waals surface area contributed by atoms with E-state index in [0.717, 1.165) is 25.9 Å². The van der Waals surface area contributed by atoms with Crippen LogP contribution in [-0.2, 0) is 4.79 Å². The number of aryl methyl sites for hydroxylation is 1. The second-order valence-corrected chi connectivity index (χ2v) is 4.76. The van der Waals surface area contributed by atoms with Gasteiger partial charge in [0.15, 0.2) is 5.82 Å². The predicted molar refractivity (Wildman–Crippen MR) is 66.1 cm³/mol. The summed E-state index contributed by atoms with van der Waals surface area (Å²) in [4.78, 5) is 14.1. The van der Waals surface area contributed by atoms with Crippen LogP contribution >= 0.6 is 0 Å². The Kier molecular flexibility index (Phi) is 3.98. The summed E-state index contributed by atoms with van der Waals surface area (Å²) in [7, 11) is 0. The fourth-order valence-electron chi connectivity index (χ4n) is 2.09. The number of anilines is 1. The summed E-state index contributed by atoms with van der Waals surface area (Å²) in [5.74, 6) is 1.01. The van der Waals surface area contributed by atoms with Gasteiger partial charge in [0.05, 0.1) is 12.1 Å². The van der Waals surface area contributed by atoms with E-state index in [1.807, 2.05) is 6.92 Å². The lowest BCUT2D eigenvalue weighted by Crippen LogP contribution is -2.47. The highest BCUT2D eigenvalue weighted by Gasteiger charge is 2.26. The molecule has 0 unspecified atom stereocenters. The van der Waals surface area contributed by atoms with E-state index < -0.39 is 0 Å². The van der Waals surface area contributed by atoms with Gasteiger partial charge in [-0.1, -0.05) is 5.16 Å². The Morgan fingerprint density at radius 1 is 1.61 bits per heavy atom. The molecule has 0 aromatic carbocycles. The number of aliphatic hydroxyl groups excluding tert-OH is 1. The SMILES string of the molecule is Cc1cc(NC(=O)[C@H](C)N2CCC(O)CC2)no1. The van der Waals surface area contributed by atoms with E-state index in [2.05, 4.69) is 15.4 Å². The molecule has 1 aliphatic heterocycles. The first-order chi connectivity index (χ1) is 8.56. The molecule has 1 amide bonds. The monoisotopic (exact) mass is 253 g/mol. The standard InChI is InChI=1S/C12H19N3O3/c1-8-7-11(14-18-8)13-12(17)9(2)15-5-3-10(16)4-6-15/h7,9-10,16H,3-6H2,1-2H3,(H,13,14,17)/t9-/m0/s1. The minimum absolute atomic E-state index is 0.0975. The average molecular weight is 253 g/mol. The van der Waals surface area contributed by atoms with E-state index in [9.17, 15) is 9.90 Å². The highest BCUT2D eigenvalue weighted by Crippen LogP contribution is 2.14. The topological polar surface area (TPSA) is 78.6 Å². The van der Waals surface area contributed by atoms with Gasteiger partial charge in [-0.05, 0) is 26.7 Å². The largest absolute Gasteiger partial charge is 0.393 e. The number of amides is 1. The van der Waals surface area contributed by atoms with Crippen LogP contribution in [-0.4, -0.2) is 46.3 Å². The minimum atomic E-state index is -0.227. The van der Waals surface area contributed by atoms with Crippen LogP contribution in [0.15, 0.2) is 10.6 Å². The van der Waals surface area contributed by atoms with Crippen LogP contribution in [0.2, 0.25) is 0 Å². The van der Waals surface area contributed by atoms with Crippen molar-refractivity contribution >= 4 is 11.7 Å². The van der Waals surface area contributed by atoms with E-state index in [-0.39, 0.29) is 18.1 Å².